The molecule has 2 saturated heterocycles. The number of hydrogen-bond donors (Lipinski definition) is 2. The first-order valence-electron chi connectivity index (χ1n) is 5.49. The Morgan fingerprint density at radius 3 is 2.92 bits per heavy atom. The normalized spacial score (nSPS) is 31.6. The Hall–Kier alpha value is -0.120. The van der Waals surface area contributed by atoms with E-state index in [1.807, 2.05) is 0 Å². The SMILES string of the molecule is CNCC1CCCN(C2CNC2)C1. The number of hydrogen-bond acceptors (Lipinski definition) is 3. The Morgan fingerprint density at radius 2 is 2.31 bits per heavy atom. The van der Waals surface area contributed by atoms with Crippen LogP contribution in [0.25, 0.3) is 0 Å². The lowest BCUT2D eigenvalue weighted by Gasteiger charge is -2.42. The third-order valence-electron chi connectivity index (χ3n) is 3.32. The predicted octanol–water partition coefficient (Wildman–Crippen LogP) is -0.110. The molecule has 0 spiro atoms. The van der Waals surface area contributed by atoms with Crippen molar-refractivity contribution in [1.82, 2.24) is 15.5 Å². The van der Waals surface area contributed by atoms with Crippen LogP contribution in [-0.4, -0.2) is 50.7 Å². The Morgan fingerprint density at radius 1 is 1.46 bits per heavy atom. The van der Waals surface area contributed by atoms with Gasteiger partial charge in [0.2, 0.25) is 0 Å². The Bertz CT molecular complexity index is 154. The van der Waals surface area contributed by atoms with E-state index in [1.165, 1.54) is 45.6 Å². The molecule has 3 nitrogen and oxygen atoms in total. The highest BCUT2D eigenvalue weighted by Gasteiger charge is 2.28. The lowest BCUT2D eigenvalue weighted by atomic mass is 9.95. The number of likely N-dealkylation sites (tertiary alicyclic amines) is 1. The van der Waals surface area contributed by atoms with Crippen molar-refractivity contribution in [2.45, 2.75) is 18.9 Å². The summed E-state index contributed by atoms with van der Waals surface area (Å²) in [5, 5.41) is 6.64. The molecule has 13 heavy (non-hydrogen) atoms. The van der Waals surface area contributed by atoms with Crippen molar-refractivity contribution in [2.24, 2.45) is 5.92 Å². The minimum Gasteiger partial charge on any atom is -0.319 e. The molecule has 2 fully saturated rings. The molecular formula is C10H21N3. The van der Waals surface area contributed by atoms with E-state index in [4.69, 9.17) is 0 Å². The molecule has 0 bridgehead atoms. The van der Waals surface area contributed by atoms with Crippen LogP contribution < -0.4 is 10.6 Å². The molecule has 76 valence electrons. The smallest absolute Gasteiger partial charge is 0.0345 e. The maximum Gasteiger partial charge on any atom is 0.0345 e. The van der Waals surface area contributed by atoms with Crippen LogP contribution >= 0.6 is 0 Å². The lowest BCUT2D eigenvalue weighted by Crippen LogP contribution is -2.59. The molecular weight excluding hydrogens is 162 g/mol. The minimum absolute atomic E-state index is 0.847. The third kappa shape index (κ3) is 2.22. The highest BCUT2D eigenvalue weighted by Crippen LogP contribution is 2.19. The summed E-state index contributed by atoms with van der Waals surface area (Å²) in [6.45, 7) is 6.26. The molecule has 2 aliphatic rings. The van der Waals surface area contributed by atoms with Crippen molar-refractivity contribution in [1.29, 1.82) is 0 Å². The first kappa shape index (κ1) is 9.44. The van der Waals surface area contributed by atoms with Crippen LogP contribution in [0.3, 0.4) is 0 Å². The number of nitrogens with zero attached hydrogens (tertiary/aromatic N) is 1. The second-order valence-corrected chi connectivity index (χ2v) is 4.37. The Balaban J connectivity index is 1.77. The van der Waals surface area contributed by atoms with Crippen LogP contribution in [0.1, 0.15) is 12.8 Å². The number of piperidine rings is 1. The average molecular weight is 183 g/mol. The van der Waals surface area contributed by atoms with Gasteiger partial charge in [0.05, 0.1) is 0 Å². The van der Waals surface area contributed by atoms with Crippen molar-refractivity contribution in [2.75, 3.05) is 39.8 Å². The molecule has 1 unspecified atom stereocenters. The Labute approximate surface area is 80.9 Å². The molecule has 2 N–H and O–H groups in total. The number of rotatable bonds is 3. The lowest BCUT2D eigenvalue weighted by molar-refractivity contribution is 0.0910. The quantitative estimate of drug-likeness (QED) is 0.639. The molecule has 2 rings (SSSR count). The summed E-state index contributed by atoms with van der Waals surface area (Å²) in [4.78, 5) is 2.67. The summed E-state index contributed by atoms with van der Waals surface area (Å²) in [6, 6.07) is 0.847. The summed E-state index contributed by atoms with van der Waals surface area (Å²) in [6.07, 6.45) is 2.81. The van der Waals surface area contributed by atoms with Gasteiger partial charge in [-0.25, -0.2) is 0 Å². The molecule has 2 heterocycles. The van der Waals surface area contributed by atoms with Crippen LogP contribution in [-0.2, 0) is 0 Å². The second kappa shape index (κ2) is 4.40. The van der Waals surface area contributed by atoms with Crippen LogP contribution in [0, 0.1) is 5.92 Å². The topological polar surface area (TPSA) is 27.3 Å². The fourth-order valence-electron chi connectivity index (χ4n) is 2.42. The van der Waals surface area contributed by atoms with Gasteiger partial charge in [-0.1, -0.05) is 0 Å². The highest BCUT2D eigenvalue weighted by molar-refractivity contribution is 4.87. The van der Waals surface area contributed by atoms with Gasteiger partial charge in [-0.2, -0.15) is 0 Å². The molecule has 0 radical (unpaired) electrons. The largest absolute Gasteiger partial charge is 0.319 e. The van der Waals surface area contributed by atoms with E-state index < -0.39 is 0 Å². The zero-order valence-electron chi connectivity index (χ0n) is 8.55. The van der Waals surface area contributed by atoms with E-state index in [9.17, 15) is 0 Å². The Kier molecular flexibility index (Phi) is 3.19. The van der Waals surface area contributed by atoms with E-state index >= 15 is 0 Å². The third-order valence-corrected chi connectivity index (χ3v) is 3.32. The summed E-state index contributed by atoms with van der Waals surface area (Å²) >= 11 is 0. The molecule has 2 aliphatic heterocycles. The average Bonchev–Trinajstić information content (AvgIpc) is 2.02. The van der Waals surface area contributed by atoms with Gasteiger partial charge < -0.3 is 10.6 Å². The van der Waals surface area contributed by atoms with E-state index in [0.29, 0.717) is 0 Å². The van der Waals surface area contributed by atoms with E-state index in [1.54, 1.807) is 0 Å². The first-order valence-corrected chi connectivity index (χ1v) is 5.49. The molecule has 0 aromatic carbocycles. The molecule has 3 heteroatoms. The van der Waals surface area contributed by atoms with E-state index in [2.05, 4.69) is 22.6 Å². The molecule has 0 amide bonds. The summed E-state index contributed by atoms with van der Waals surface area (Å²) in [5.74, 6) is 0.888. The van der Waals surface area contributed by atoms with Gasteiger partial charge in [-0.15, -0.1) is 0 Å². The van der Waals surface area contributed by atoms with Crippen LogP contribution in [0.2, 0.25) is 0 Å². The first-order chi connectivity index (χ1) is 6.40. The standard InChI is InChI=1S/C10H21N3/c1-11-5-9-3-2-4-13(8-9)10-6-12-7-10/h9-12H,2-8H2,1H3. The van der Waals surface area contributed by atoms with Gasteiger partial charge in [0.15, 0.2) is 0 Å². The highest BCUT2D eigenvalue weighted by atomic mass is 15.2. The molecule has 0 aliphatic carbocycles. The summed E-state index contributed by atoms with van der Waals surface area (Å²) < 4.78 is 0. The van der Waals surface area contributed by atoms with Gasteiger partial charge >= 0.3 is 0 Å². The monoisotopic (exact) mass is 183 g/mol. The fraction of sp³-hybridized carbons (Fsp3) is 1.00. The molecule has 0 aromatic heterocycles. The van der Waals surface area contributed by atoms with Gasteiger partial charge in [0.1, 0.15) is 0 Å². The second-order valence-electron chi connectivity index (χ2n) is 4.37. The van der Waals surface area contributed by atoms with E-state index in [-0.39, 0.29) is 0 Å². The van der Waals surface area contributed by atoms with Crippen molar-refractivity contribution < 1.29 is 0 Å². The predicted molar refractivity (Wildman–Crippen MR) is 54.9 cm³/mol. The maximum atomic E-state index is 3.35. The van der Waals surface area contributed by atoms with Gasteiger partial charge in [-0.3, -0.25) is 4.90 Å². The number of nitrogens with one attached hydrogen (secondary N) is 2. The minimum atomic E-state index is 0.847. The van der Waals surface area contributed by atoms with Crippen molar-refractivity contribution in [3.8, 4) is 0 Å². The van der Waals surface area contributed by atoms with Crippen LogP contribution in [0.4, 0.5) is 0 Å². The van der Waals surface area contributed by atoms with Crippen molar-refractivity contribution in [3.05, 3.63) is 0 Å². The van der Waals surface area contributed by atoms with E-state index in [0.717, 1.165) is 12.0 Å². The van der Waals surface area contributed by atoms with Crippen LogP contribution in [0.5, 0.6) is 0 Å². The van der Waals surface area contributed by atoms with Crippen molar-refractivity contribution in [3.63, 3.8) is 0 Å². The molecule has 0 saturated carbocycles. The van der Waals surface area contributed by atoms with Crippen molar-refractivity contribution >= 4 is 0 Å². The van der Waals surface area contributed by atoms with Gasteiger partial charge in [0, 0.05) is 25.7 Å². The molecule has 1 atom stereocenters. The maximum absolute atomic E-state index is 3.35. The zero-order chi connectivity index (χ0) is 9.10. The fourth-order valence-corrected chi connectivity index (χ4v) is 2.42. The van der Waals surface area contributed by atoms with Crippen LogP contribution in [0.15, 0.2) is 0 Å². The van der Waals surface area contributed by atoms with Gasteiger partial charge in [0.25, 0.3) is 0 Å². The molecule has 0 aromatic rings. The summed E-state index contributed by atoms with van der Waals surface area (Å²) in [7, 11) is 2.06. The van der Waals surface area contributed by atoms with Gasteiger partial charge in [-0.05, 0) is 38.9 Å². The zero-order valence-corrected chi connectivity index (χ0v) is 8.55. The summed E-state index contributed by atoms with van der Waals surface area (Å²) in [5.41, 5.74) is 0.